The molecule has 1 fully saturated rings. The monoisotopic (exact) mass is 204 g/mol. The van der Waals surface area contributed by atoms with Crippen molar-refractivity contribution in [3.8, 4) is 0 Å². The number of hydrogen-bond acceptors (Lipinski definition) is 2. The van der Waals surface area contributed by atoms with Crippen molar-refractivity contribution in [2.75, 3.05) is 0 Å². The fourth-order valence-corrected chi connectivity index (χ4v) is 3.00. The van der Waals surface area contributed by atoms with E-state index in [0.717, 1.165) is 18.4 Å². The lowest BCUT2D eigenvalue weighted by Gasteiger charge is -2.20. The van der Waals surface area contributed by atoms with E-state index in [4.69, 9.17) is 5.11 Å². The first kappa shape index (κ1) is 8.92. The van der Waals surface area contributed by atoms with Gasteiger partial charge >= 0.3 is 5.97 Å². The summed E-state index contributed by atoms with van der Waals surface area (Å²) in [5.74, 6) is -0.276. The molecule has 1 aromatic rings. The number of aliphatic hydroxyl groups is 1. The Balaban J connectivity index is 2.11. The third-order valence-electron chi connectivity index (χ3n) is 3.70. The van der Waals surface area contributed by atoms with E-state index in [1.807, 2.05) is 6.07 Å². The fraction of sp³-hybridized carbons (Fsp3) is 0.417. The van der Waals surface area contributed by atoms with Crippen LogP contribution >= 0.6 is 0 Å². The molecule has 0 aromatic heterocycles. The molecule has 1 aromatic carbocycles. The van der Waals surface area contributed by atoms with Crippen LogP contribution in [0.3, 0.4) is 0 Å². The summed E-state index contributed by atoms with van der Waals surface area (Å²) in [7, 11) is 0. The number of benzene rings is 1. The minimum Gasteiger partial charge on any atom is -0.478 e. The molecule has 0 unspecified atom stereocenters. The Morgan fingerprint density at radius 3 is 2.80 bits per heavy atom. The summed E-state index contributed by atoms with van der Waals surface area (Å²) < 4.78 is 0. The Hall–Kier alpha value is -1.35. The van der Waals surface area contributed by atoms with Crippen LogP contribution in [-0.2, 0) is 0 Å². The highest BCUT2D eigenvalue weighted by molar-refractivity contribution is 5.88. The molecule has 0 heterocycles. The molecular formula is C12H12O3. The van der Waals surface area contributed by atoms with Crippen molar-refractivity contribution in [3.63, 3.8) is 0 Å². The molecule has 1 saturated carbocycles. The molecule has 3 rings (SSSR count). The summed E-state index contributed by atoms with van der Waals surface area (Å²) in [4.78, 5) is 10.8. The van der Waals surface area contributed by atoms with Gasteiger partial charge in [-0.25, -0.2) is 4.79 Å². The average molecular weight is 204 g/mol. The second-order valence-electron chi connectivity index (χ2n) is 4.49. The van der Waals surface area contributed by atoms with E-state index in [1.165, 1.54) is 5.56 Å². The van der Waals surface area contributed by atoms with Gasteiger partial charge in [0.2, 0.25) is 0 Å². The highest BCUT2D eigenvalue weighted by atomic mass is 16.4. The van der Waals surface area contributed by atoms with Crippen molar-refractivity contribution in [1.29, 1.82) is 0 Å². The maximum absolute atomic E-state index is 10.8. The molecule has 2 aliphatic carbocycles. The van der Waals surface area contributed by atoms with Crippen LogP contribution in [0.25, 0.3) is 0 Å². The second kappa shape index (κ2) is 2.83. The first-order chi connectivity index (χ1) is 7.16. The molecule has 3 atom stereocenters. The van der Waals surface area contributed by atoms with Crippen LogP contribution < -0.4 is 0 Å². The zero-order valence-electron chi connectivity index (χ0n) is 8.18. The third kappa shape index (κ3) is 1.13. The lowest BCUT2D eigenvalue weighted by Crippen LogP contribution is -2.15. The van der Waals surface area contributed by atoms with Gasteiger partial charge in [-0.1, -0.05) is 6.07 Å². The maximum atomic E-state index is 10.8. The van der Waals surface area contributed by atoms with E-state index in [2.05, 4.69) is 0 Å². The molecule has 2 aliphatic rings. The Bertz CT molecular complexity index is 438. The first-order valence-electron chi connectivity index (χ1n) is 5.22. The van der Waals surface area contributed by atoms with Crippen molar-refractivity contribution < 1.29 is 15.0 Å². The van der Waals surface area contributed by atoms with Gasteiger partial charge in [0.15, 0.2) is 0 Å². The SMILES string of the molecule is O=C(O)c1ccc2c(c1)[C@@H]1C[C@H]2C[C@H]1O. The van der Waals surface area contributed by atoms with Crippen LogP contribution in [-0.4, -0.2) is 22.3 Å². The van der Waals surface area contributed by atoms with Crippen molar-refractivity contribution in [2.45, 2.75) is 30.8 Å². The molecule has 0 radical (unpaired) electrons. The van der Waals surface area contributed by atoms with Crippen molar-refractivity contribution in [3.05, 3.63) is 34.9 Å². The van der Waals surface area contributed by atoms with Crippen molar-refractivity contribution in [1.82, 2.24) is 0 Å². The smallest absolute Gasteiger partial charge is 0.335 e. The largest absolute Gasteiger partial charge is 0.478 e. The Morgan fingerprint density at radius 1 is 1.27 bits per heavy atom. The maximum Gasteiger partial charge on any atom is 0.335 e. The predicted molar refractivity (Wildman–Crippen MR) is 54.1 cm³/mol. The highest BCUT2D eigenvalue weighted by Crippen LogP contribution is 2.53. The van der Waals surface area contributed by atoms with E-state index in [9.17, 15) is 9.90 Å². The number of aromatic carboxylic acids is 1. The Labute approximate surface area is 87.4 Å². The zero-order chi connectivity index (χ0) is 10.6. The molecular weight excluding hydrogens is 192 g/mol. The van der Waals surface area contributed by atoms with Crippen LogP contribution in [0.15, 0.2) is 18.2 Å². The molecule has 0 saturated heterocycles. The minimum atomic E-state index is -0.893. The molecule has 2 N–H and O–H groups in total. The summed E-state index contributed by atoms with van der Waals surface area (Å²) in [5.41, 5.74) is 2.63. The quantitative estimate of drug-likeness (QED) is 0.732. The average Bonchev–Trinajstić information content (AvgIpc) is 2.74. The van der Waals surface area contributed by atoms with Crippen LogP contribution in [0.4, 0.5) is 0 Å². The Kier molecular flexibility index (Phi) is 1.68. The first-order valence-corrected chi connectivity index (χ1v) is 5.22. The van der Waals surface area contributed by atoms with Crippen LogP contribution in [0, 0.1) is 0 Å². The lowest BCUT2D eigenvalue weighted by atomic mass is 9.89. The van der Waals surface area contributed by atoms with Gasteiger partial charge in [-0.3, -0.25) is 0 Å². The molecule has 0 aliphatic heterocycles. The summed E-state index contributed by atoms with van der Waals surface area (Å²) in [6.45, 7) is 0. The molecule has 78 valence electrons. The normalized spacial score (nSPS) is 31.7. The molecule has 15 heavy (non-hydrogen) atoms. The molecule has 3 heteroatoms. The van der Waals surface area contributed by atoms with Gasteiger partial charge in [-0.2, -0.15) is 0 Å². The van der Waals surface area contributed by atoms with Gasteiger partial charge in [0.1, 0.15) is 0 Å². The van der Waals surface area contributed by atoms with Crippen molar-refractivity contribution >= 4 is 5.97 Å². The van der Waals surface area contributed by atoms with E-state index in [1.54, 1.807) is 12.1 Å². The van der Waals surface area contributed by atoms with E-state index >= 15 is 0 Å². The standard InChI is InChI=1S/C12H12O3/c13-11-5-7-4-10(11)9-3-6(12(14)15)1-2-8(7)9/h1-3,7,10-11,13H,4-5H2,(H,14,15)/t7-,10-,11+/m0/s1. The number of hydrogen-bond donors (Lipinski definition) is 2. The second-order valence-corrected chi connectivity index (χ2v) is 4.49. The summed E-state index contributed by atoms with van der Waals surface area (Å²) in [6.07, 6.45) is 1.55. The van der Waals surface area contributed by atoms with Gasteiger partial charge < -0.3 is 10.2 Å². The summed E-state index contributed by atoms with van der Waals surface area (Å²) in [6, 6.07) is 5.30. The summed E-state index contributed by atoms with van der Waals surface area (Å²) in [5, 5.41) is 18.6. The van der Waals surface area contributed by atoms with Gasteiger partial charge in [0, 0.05) is 5.92 Å². The van der Waals surface area contributed by atoms with Crippen LogP contribution in [0.5, 0.6) is 0 Å². The summed E-state index contributed by atoms with van der Waals surface area (Å²) >= 11 is 0. The molecule has 0 spiro atoms. The molecule has 2 bridgehead atoms. The lowest BCUT2D eigenvalue weighted by molar-refractivity contribution is 0.0696. The topological polar surface area (TPSA) is 57.5 Å². The third-order valence-corrected chi connectivity index (χ3v) is 3.70. The number of rotatable bonds is 1. The Morgan fingerprint density at radius 2 is 2.07 bits per heavy atom. The van der Waals surface area contributed by atoms with Gasteiger partial charge in [-0.05, 0) is 42.0 Å². The fourth-order valence-electron chi connectivity index (χ4n) is 3.00. The highest BCUT2D eigenvalue weighted by Gasteiger charge is 2.43. The van der Waals surface area contributed by atoms with Gasteiger partial charge in [-0.15, -0.1) is 0 Å². The number of carboxylic acid groups (broad SMARTS) is 1. The number of carbonyl (C=O) groups is 1. The van der Waals surface area contributed by atoms with Crippen LogP contribution in [0.1, 0.15) is 46.2 Å². The zero-order valence-corrected chi connectivity index (χ0v) is 8.18. The predicted octanol–water partition coefficient (Wildman–Crippen LogP) is 1.72. The van der Waals surface area contributed by atoms with E-state index in [-0.39, 0.29) is 12.0 Å². The number of carboxylic acids is 1. The number of fused-ring (bicyclic) bond motifs is 5. The number of aliphatic hydroxyl groups excluding tert-OH is 1. The van der Waals surface area contributed by atoms with Gasteiger partial charge in [0.25, 0.3) is 0 Å². The van der Waals surface area contributed by atoms with Crippen LogP contribution in [0.2, 0.25) is 0 Å². The van der Waals surface area contributed by atoms with Crippen molar-refractivity contribution in [2.24, 2.45) is 0 Å². The van der Waals surface area contributed by atoms with E-state index in [0.29, 0.717) is 11.5 Å². The minimum absolute atomic E-state index is 0.171. The molecule has 0 amide bonds. The van der Waals surface area contributed by atoms with Gasteiger partial charge in [0.05, 0.1) is 11.7 Å². The van der Waals surface area contributed by atoms with E-state index < -0.39 is 5.97 Å². The molecule has 3 nitrogen and oxygen atoms in total.